The highest BCUT2D eigenvalue weighted by atomic mass is 16.7. The fraction of sp³-hybridized carbons (Fsp3) is 0.481. The van der Waals surface area contributed by atoms with E-state index in [4.69, 9.17) is 18.9 Å². The number of aliphatic hydroxyl groups is 1. The first-order chi connectivity index (χ1) is 15.6. The van der Waals surface area contributed by atoms with Gasteiger partial charge in [0.1, 0.15) is 17.8 Å². The van der Waals surface area contributed by atoms with E-state index in [-0.39, 0.29) is 0 Å². The molecule has 5 nitrogen and oxygen atoms in total. The topological polar surface area (TPSA) is 57.2 Å². The lowest BCUT2D eigenvalue weighted by molar-refractivity contribution is -0.203. The number of rotatable bonds is 10. The van der Waals surface area contributed by atoms with Crippen molar-refractivity contribution in [2.24, 2.45) is 11.8 Å². The number of hydrogen-bond donors (Lipinski definition) is 1. The van der Waals surface area contributed by atoms with Crippen LogP contribution in [0.25, 0.3) is 0 Å². The molecule has 0 bridgehead atoms. The molecule has 5 heteroatoms. The number of ether oxygens (including phenoxy) is 4. The average molecular weight is 439 g/mol. The highest BCUT2D eigenvalue weighted by Crippen LogP contribution is 2.37. The van der Waals surface area contributed by atoms with E-state index < -0.39 is 24.1 Å². The minimum atomic E-state index is -1.09. The van der Waals surface area contributed by atoms with Crippen molar-refractivity contribution >= 4 is 0 Å². The van der Waals surface area contributed by atoms with E-state index in [9.17, 15) is 5.11 Å². The lowest BCUT2D eigenvalue weighted by atomic mass is 9.96. The molecule has 1 saturated heterocycles. The van der Waals surface area contributed by atoms with Crippen LogP contribution >= 0.6 is 0 Å². The Balaban J connectivity index is 1.40. The highest BCUT2D eigenvalue weighted by Gasteiger charge is 2.55. The second kappa shape index (κ2) is 11.2. The van der Waals surface area contributed by atoms with Gasteiger partial charge >= 0.3 is 0 Å². The van der Waals surface area contributed by atoms with Crippen LogP contribution in [0.3, 0.4) is 0 Å². The van der Waals surface area contributed by atoms with Gasteiger partial charge in [0.2, 0.25) is 0 Å². The molecule has 0 aromatic heterocycles. The average Bonchev–Trinajstić information content (AvgIpc) is 3.07. The molecule has 1 aromatic carbocycles. The Morgan fingerprint density at radius 3 is 2.28 bits per heavy atom. The largest absolute Gasteiger partial charge is 0.378 e. The number of aliphatic hydroxyl groups excluding tert-OH is 1. The zero-order valence-corrected chi connectivity index (χ0v) is 18.7. The maximum atomic E-state index is 10.8. The Morgan fingerprint density at radius 2 is 1.62 bits per heavy atom. The molecular formula is C27H34O5. The molecular weight excluding hydrogens is 404 g/mol. The zero-order valence-electron chi connectivity index (χ0n) is 18.7. The van der Waals surface area contributed by atoms with Crippen molar-refractivity contribution in [3.05, 3.63) is 84.5 Å². The molecule has 1 aliphatic heterocycles. The Kier molecular flexibility index (Phi) is 8.11. The molecule has 1 fully saturated rings. The van der Waals surface area contributed by atoms with Crippen molar-refractivity contribution in [2.45, 2.75) is 50.5 Å². The molecule has 3 aliphatic rings. The van der Waals surface area contributed by atoms with Gasteiger partial charge in [-0.15, -0.1) is 0 Å². The summed E-state index contributed by atoms with van der Waals surface area (Å²) in [4.78, 5) is 0. The lowest BCUT2D eigenvalue weighted by Gasteiger charge is -2.34. The van der Waals surface area contributed by atoms with Crippen LogP contribution in [0.1, 0.15) is 25.3 Å². The standard InChI is InChI=1S/C27H34O5/c1-27(31-19-23-15-9-4-10-16-23)25(30-18-22-13-7-3-8-14-22)24(32-26(27)28)20-29-17-21-11-5-2-6-12-21/h2-11,13,15-16,21-22,24-26,28H,12,14,17-20H2,1H3/t21?,22?,24-,25-,26?,27-/m1/s1. The fourth-order valence-corrected chi connectivity index (χ4v) is 4.32. The molecule has 6 atom stereocenters. The summed E-state index contributed by atoms with van der Waals surface area (Å²) in [6, 6.07) is 9.94. The highest BCUT2D eigenvalue weighted by molar-refractivity contribution is 5.14. The van der Waals surface area contributed by atoms with Crippen molar-refractivity contribution in [3.8, 4) is 0 Å². The quantitative estimate of drug-likeness (QED) is 0.589. The van der Waals surface area contributed by atoms with Gasteiger partial charge in [0.05, 0.1) is 26.4 Å². The van der Waals surface area contributed by atoms with E-state index in [1.807, 2.05) is 37.3 Å². The van der Waals surface area contributed by atoms with Crippen LogP contribution in [-0.4, -0.2) is 49.0 Å². The van der Waals surface area contributed by atoms with Gasteiger partial charge in [0, 0.05) is 11.8 Å². The smallest absolute Gasteiger partial charge is 0.187 e. The second-order valence-corrected chi connectivity index (χ2v) is 8.89. The van der Waals surface area contributed by atoms with Gasteiger partial charge in [-0.3, -0.25) is 0 Å². The maximum Gasteiger partial charge on any atom is 0.187 e. The maximum absolute atomic E-state index is 10.8. The molecule has 172 valence electrons. The molecule has 0 amide bonds. The van der Waals surface area contributed by atoms with E-state index in [1.54, 1.807) is 0 Å². The van der Waals surface area contributed by atoms with Crippen molar-refractivity contribution in [3.63, 3.8) is 0 Å². The van der Waals surface area contributed by atoms with Crippen LogP contribution in [0.4, 0.5) is 0 Å². The van der Waals surface area contributed by atoms with Gasteiger partial charge in [-0.25, -0.2) is 0 Å². The van der Waals surface area contributed by atoms with Crippen molar-refractivity contribution in [2.75, 3.05) is 19.8 Å². The van der Waals surface area contributed by atoms with Gasteiger partial charge in [-0.05, 0) is 25.3 Å². The lowest BCUT2D eigenvalue weighted by Crippen LogP contribution is -2.50. The molecule has 2 aliphatic carbocycles. The third-order valence-corrected chi connectivity index (χ3v) is 6.33. The number of hydrogen-bond acceptors (Lipinski definition) is 5. The molecule has 32 heavy (non-hydrogen) atoms. The van der Waals surface area contributed by atoms with Crippen LogP contribution in [-0.2, 0) is 25.6 Å². The SMILES string of the molecule is C[C@]1(OCc2ccccc2)C(O)O[C@H](COCC2C=CC=CC2)[C@H]1OCC1C=CC=CC1. The van der Waals surface area contributed by atoms with Crippen LogP contribution in [0.2, 0.25) is 0 Å². The number of allylic oxidation sites excluding steroid dienone is 6. The first-order valence-electron chi connectivity index (χ1n) is 11.5. The molecule has 1 N–H and O–H groups in total. The van der Waals surface area contributed by atoms with E-state index in [0.29, 0.717) is 38.3 Å². The summed E-state index contributed by atoms with van der Waals surface area (Å²) in [5.74, 6) is 0.669. The fourth-order valence-electron chi connectivity index (χ4n) is 4.32. The zero-order chi connectivity index (χ0) is 22.2. The molecule has 1 aromatic rings. The molecule has 1 heterocycles. The third-order valence-electron chi connectivity index (χ3n) is 6.33. The summed E-state index contributed by atoms with van der Waals surface area (Å²) in [5, 5.41) is 10.8. The third kappa shape index (κ3) is 5.85. The Hall–Kier alpha value is -2.02. The summed E-state index contributed by atoms with van der Waals surface area (Å²) in [5.41, 5.74) is 0.0443. The molecule has 4 rings (SSSR count). The van der Waals surface area contributed by atoms with Crippen molar-refractivity contribution < 1.29 is 24.1 Å². The van der Waals surface area contributed by atoms with Crippen LogP contribution < -0.4 is 0 Å². The molecule has 0 saturated carbocycles. The van der Waals surface area contributed by atoms with Gasteiger partial charge in [0.15, 0.2) is 6.29 Å². The molecule has 0 radical (unpaired) electrons. The van der Waals surface area contributed by atoms with Gasteiger partial charge in [-0.2, -0.15) is 0 Å². The summed E-state index contributed by atoms with van der Waals surface area (Å²) in [6.45, 7) is 3.74. The molecule has 3 unspecified atom stereocenters. The van der Waals surface area contributed by atoms with Gasteiger partial charge in [0.25, 0.3) is 0 Å². The second-order valence-electron chi connectivity index (χ2n) is 8.89. The van der Waals surface area contributed by atoms with E-state index in [0.717, 1.165) is 18.4 Å². The molecule has 0 spiro atoms. The normalized spacial score (nSPS) is 33.8. The van der Waals surface area contributed by atoms with Crippen LogP contribution in [0, 0.1) is 11.8 Å². The minimum Gasteiger partial charge on any atom is -0.378 e. The summed E-state index contributed by atoms with van der Waals surface area (Å²) in [6.07, 6.45) is 16.8. The van der Waals surface area contributed by atoms with Gasteiger partial charge in [-0.1, -0.05) is 78.9 Å². The van der Waals surface area contributed by atoms with Crippen LogP contribution in [0.15, 0.2) is 78.9 Å². The summed E-state index contributed by atoms with van der Waals surface area (Å²) in [7, 11) is 0. The van der Waals surface area contributed by atoms with Gasteiger partial charge < -0.3 is 24.1 Å². The predicted molar refractivity (Wildman–Crippen MR) is 124 cm³/mol. The van der Waals surface area contributed by atoms with E-state index in [2.05, 4.69) is 48.6 Å². The van der Waals surface area contributed by atoms with Crippen LogP contribution in [0.5, 0.6) is 0 Å². The Bertz CT molecular complexity index is 830. The van der Waals surface area contributed by atoms with Crippen molar-refractivity contribution in [1.82, 2.24) is 0 Å². The monoisotopic (exact) mass is 438 g/mol. The summed E-state index contributed by atoms with van der Waals surface area (Å²) < 4.78 is 24.6. The Morgan fingerprint density at radius 1 is 0.938 bits per heavy atom. The van der Waals surface area contributed by atoms with Crippen molar-refractivity contribution in [1.29, 1.82) is 0 Å². The Labute approximate surface area is 191 Å². The number of benzene rings is 1. The van der Waals surface area contributed by atoms with E-state index >= 15 is 0 Å². The first-order valence-corrected chi connectivity index (χ1v) is 11.5. The summed E-state index contributed by atoms with van der Waals surface area (Å²) >= 11 is 0. The predicted octanol–water partition coefficient (Wildman–Crippen LogP) is 4.35. The first kappa shape index (κ1) is 23.1. The minimum absolute atomic E-state index is 0.303. The van der Waals surface area contributed by atoms with E-state index in [1.165, 1.54) is 0 Å².